The monoisotopic (exact) mass is 365 g/mol. The summed E-state index contributed by atoms with van der Waals surface area (Å²) in [5.74, 6) is 0.312. The van der Waals surface area contributed by atoms with Gasteiger partial charge in [0.2, 0.25) is 10.0 Å². The largest absolute Gasteiger partial charge is 0.244 e. The van der Waals surface area contributed by atoms with Gasteiger partial charge in [-0.2, -0.15) is 4.31 Å². The Hall–Kier alpha value is -0.100. The van der Waals surface area contributed by atoms with E-state index in [2.05, 4.69) is 15.9 Å². The van der Waals surface area contributed by atoms with E-state index in [9.17, 15) is 8.42 Å². The zero-order chi connectivity index (χ0) is 14.2. The average Bonchev–Trinajstić information content (AvgIpc) is 3.17. The van der Waals surface area contributed by atoms with Crippen molar-refractivity contribution in [3.05, 3.63) is 27.7 Å². The number of benzene rings is 1. The number of sulfonamides is 1. The molecule has 19 heavy (non-hydrogen) atoms. The number of nitrogens with zero attached hydrogens (tertiary/aromatic N) is 1. The lowest BCUT2D eigenvalue weighted by molar-refractivity contribution is 0.420. The Morgan fingerprint density at radius 3 is 2.53 bits per heavy atom. The fraction of sp³-hybridized carbons (Fsp3) is 0.538. The van der Waals surface area contributed by atoms with E-state index in [1.54, 1.807) is 10.4 Å². The van der Waals surface area contributed by atoms with Crippen molar-refractivity contribution >= 4 is 37.6 Å². The van der Waals surface area contributed by atoms with Crippen LogP contribution in [-0.4, -0.2) is 25.3 Å². The van der Waals surface area contributed by atoms with Gasteiger partial charge < -0.3 is 0 Å². The van der Waals surface area contributed by atoms with E-state index in [-0.39, 0.29) is 6.04 Å². The summed E-state index contributed by atoms with van der Waals surface area (Å²) in [6.07, 6.45) is 1.91. The Labute approximate surface area is 128 Å². The third-order valence-electron chi connectivity index (χ3n) is 3.29. The molecule has 0 aliphatic heterocycles. The SMILES string of the molecule is CCN(C1CC1)S(=O)(=O)c1cc(CCl)cc(C)c1Br. The number of hydrogen-bond donors (Lipinski definition) is 0. The van der Waals surface area contributed by atoms with E-state index >= 15 is 0 Å². The third kappa shape index (κ3) is 2.99. The maximum Gasteiger partial charge on any atom is 0.244 e. The van der Waals surface area contributed by atoms with Crippen molar-refractivity contribution < 1.29 is 8.42 Å². The van der Waals surface area contributed by atoms with Gasteiger partial charge in [0.15, 0.2) is 0 Å². The predicted octanol–water partition coefficient (Wildman–Crippen LogP) is 3.67. The Morgan fingerprint density at radius 2 is 2.05 bits per heavy atom. The Kier molecular flexibility index (Phi) is 4.60. The van der Waals surface area contributed by atoms with Crippen LogP contribution in [0.1, 0.15) is 30.9 Å². The lowest BCUT2D eigenvalue weighted by Gasteiger charge is -2.21. The number of hydrogen-bond acceptors (Lipinski definition) is 2. The molecule has 0 aromatic heterocycles. The van der Waals surface area contributed by atoms with Gasteiger partial charge in [-0.25, -0.2) is 8.42 Å². The molecular weight excluding hydrogens is 350 g/mol. The maximum atomic E-state index is 12.7. The maximum absolute atomic E-state index is 12.7. The van der Waals surface area contributed by atoms with Crippen LogP contribution in [0.3, 0.4) is 0 Å². The van der Waals surface area contributed by atoms with Crippen molar-refractivity contribution in [3.63, 3.8) is 0 Å². The van der Waals surface area contributed by atoms with Crippen LogP contribution in [-0.2, 0) is 15.9 Å². The fourth-order valence-corrected chi connectivity index (χ4v) is 5.07. The second-order valence-corrected chi connectivity index (χ2v) is 7.72. The van der Waals surface area contributed by atoms with E-state index in [0.717, 1.165) is 24.0 Å². The highest BCUT2D eigenvalue weighted by Gasteiger charge is 2.38. The van der Waals surface area contributed by atoms with Crippen molar-refractivity contribution in [2.45, 2.75) is 43.5 Å². The summed E-state index contributed by atoms with van der Waals surface area (Å²) in [5.41, 5.74) is 1.72. The van der Waals surface area contributed by atoms with Crippen molar-refractivity contribution in [2.24, 2.45) is 0 Å². The van der Waals surface area contributed by atoms with Crippen molar-refractivity contribution in [1.82, 2.24) is 4.31 Å². The third-order valence-corrected chi connectivity index (χ3v) is 6.96. The van der Waals surface area contributed by atoms with Gasteiger partial charge in [-0.1, -0.05) is 13.0 Å². The van der Waals surface area contributed by atoms with Gasteiger partial charge in [-0.3, -0.25) is 0 Å². The first-order valence-corrected chi connectivity index (χ1v) is 9.05. The molecule has 2 rings (SSSR count). The number of aryl methyl sites for hydroxylation is 1. The second kappa shape index (κ2) is 5.72. The molecule has 0 N–H and O–H groups in total. The molecule has 0 atom stereocenters. The van der Waals surface area contributed by atoms with E-state index < -0.39 is 10.0 Å². The molecule has 0 spiro atoms. The van der Waals surface area contributed by atoms with Crippen LogP contribution in [0.2, 0.25) is 0 Å². The molecule has 1 aromatic carbocycles. The lowest BCUT2D eigenvalue weighted by Crippen LogP contribution is -2.33. The van der Waals surface area contributed by atoms with Crippen LogP contribution in [0.5, 0.6) is 0 Å². The van der Waals surface area contributed by atoms with Crippen LogP contribution < -0.4 is 0 Å². The van der Waals surface area contributed by atoms with Crippen molar-refractivity contribution in [1.29, 1.82) is 0 Å². The fourth-order valence-electron chi connectivity index (χ4n) is 2.19. The smallest absolute Gasteiger partial charge is 0.207 e. The molecule has 0 heterocycles. The molecule has 1 aliphatic rings. The summed E-state index contributed by atoms with van der Waals surface area (Å²) in [4.78, 5) is 0.330. The molecule has 1 aliphatic carbocycles. The molecule has 1 aromatic rings. The number of rotatable bonds is 5. The Balaban J connectivity index is 2.53. The minimum absolute atomic E-state index is 0.168. The predicted molar refractivity (Wildman–Crippen MR) is 81.0 cm³/mol. The van der Waals surface area contributed by atoms with E-state index in [4.69, 9.17) is 11.6 Å². The summed E-state index contributed by atoms with van der Waals surface area (Å²) < 4.78 is 27.7. The quantitative estimate of drug-likeness (QED) is 0.746. The number of alkyl halides is 1. The standard InChI is InChI=1S/C13H17BrClNO2S/c1-3-16(11-4-5-11)19(17,18)12-7-10(8-15)6-9(2)13(12)14/h6-7,11H,3-5,8H2,1-2H3. The highest BCUT2D eigenvalue weighted by Crippen LogP contribution is 2.35. The van der Waals surface area contributed by atoms with Gasteiger partial charge in [0.25, 0.3) is 0 Å². The molecule has 6 heteroatoms. The van der Waals surface area contributed by atoms with Crippen LogP contribution in [0, 0.1) is 6.92 Å². The highest BCUT2D eigenvalue weighted by molar-refractivity contribution is 9.10. The molecule has 0 bridgehead atoms. The van der Waals surface area contributed by atoms with Crippen molar-refractivity contribution in [2.75, 3.05) is 6.54 Å². The topological polar surface area (TPSA) is 37.4 Å². The zero-order valence-corrected chi connectivity index (χ0v) is 14.1. The summed E-state index contributed by atoms with van der Waals surface area (Å²) in [6.45, 7) is 4.26. The zero-order valence-electron chi connectivity index (χ0n) is 11.0. The van der Waals surface area contributed by atoms with E-state index in [1.165, 1.54) is 0 Å². The van der Waals surface area contributed by atoms with Gasteiger partial charge in [0.05, 0.1) is 4.90 Å². The molecule has 0 radical (unpaired) electrons. The Bertz CT molecular complexity index is 585. The lowest BCUT2D eigenvalue weighted by atomic mass is 10.2. The van der Waals surface area contributed by atoms with Gasteiger partial charge >= 0.3 is 0 Å². The minimum Gasteiger partial charge on any atom is -0.207 e. The minimum atomic E-state index is -3.45. The van der Waals surface area contributed by atoms with Crippen LogP contribution in [0.25, 0.3) is 0 Å². The first-order chi connectivity index (χ1) is 8.91. The van der Waals surface area contributed by atoms with Crippen LogP contribution in [0.4, 0.5) is 0 Å². The molecular formula is C13H17BrClNO2S. The molecule has 106 valence electrons. The van der Waals surface area contributed by atoms with E-state index in [1.807, 2.05) is 19.9 Å². The van der Waals surface area contributed by atoms with Gasteiger partial charge in [-0.15, -0.1) is 11.6 Å². The summed E-state index contributed by atoms with van der Waals surface area (Å²) in [5, 5.41) is 0. The van der Waals surface area contributed by atoms with Crippen molar-refractivity contribution in [3.8, 4) is 0 Å². The molecule has 0 amide bonds. The summed E-state index contributed by atoms with van der Waals surface area (Å²) >= 11 is 9.24. The van der Waals surface area contributed by atoms with Crippen LogP contribution >= 0.6 is 27.5 Å². The van der Waals surface area contributed by atoms with Gasteiger partial charge in [0, 0.05) is 22.9 Å². The second-order valence-electron chi connectivity index (χ2n) is 4.80. The van der Waals surface area contributed by atoms with E-state index in [0.29, 0.717) is 21.8 Å². The van der Waals surface area contributed by atoms with Crippen LogP contribution in [0.15, 0.2) is 21.5 Å². The molecule has 0 unspecified atom stereocenters. The average molecular weight is 367 g/mol. The van der Waals surface area contributed by atoms with Gasteiger partial charge in [-0.05, 0) is 52.9 Å². The molecule has 0 saturated heterocycles. The molecule has 1 saturated carbocycles. The molecule has 3 nitrogen and oxygen atoms in total. The first-order valence-electron chi connectivity index (χ1n) is 6.28. The van der Waals surface area contributed by atoms with Gasteiger partial charge in [0.1, 0.15) is 0 Å². The normalized spacial score (nSPS) is 16.1. The summed E-state index contributed by atoms with van der Waals surface area (Å²) in [6, 6.07) is 3.75. The molecule has 1 fully saturated rings. The Morgan fingerprint density at radius 1 is 1.42 bits per heavy atom. The summed E-state index contributed by atoms with van der Waals surface area (Å²) in [7, 11) is -3.45. The number of halogens is 2. The highest BCUT2D eigenvalue weighted by atomic mass is 79.9. The first kappa shape index (κ1) is 15.3.